The highest BCUT2D eigenvalue weighted by molar-refractivity contribution is 5.89. The minimum absolute atomic E-state index is 0.0453. The van der Waals surface area contributed by atoms with Crippen molar-refractivity contribution >= 4 is 17.7 Å². The van der Waals surface area contributed by atoms with Crippen LogP contribution in [0.3, 0.4) is 0 Å². The van der Waals surface area contributed by atoms with Crippen LogP contribution in [-0.2, 0) is 4.79 Å². The Labute approximate surface area is 113 Å². The molecule has 19 heavy (non-hydrogen) atoms. The number of anilines is 1. The first-order chi connectivity index (χ1) is 8.88. The zero-order chi connectivity index (χ0) is 14.4. The number of carboxylic acid groups (broad SMARTS) is 1. The number of hydrogen-bond acceptors (Lipinski definition) is 2. The molecule has 0 aliphatic rings. The Morgan fingerprint density at radius 2 is 1.74 bits per heavy atom. The SMILES string of the molecule is CC(C)NC(=O)Nc1ccc(C(C)CC(=O)O)cc1. The van der Waals surface area contributed by atoms with Crippen molar-refractivity contribution in [3.63, 3.8) is 0 Å². The van der Waals surface area contributed by atoms with Gasteiger partial charge in [0.25, 0.3) is 0 Å². The van der Waals surface area contributed by atoms with Crippen molar-refractivity contribution in [2.75, 3.05) is 5.32 Å². The van der Waals surface area contributed by atoms with Crippen molar-refractivity contribution in [3.05, 3.63) is 29.8 Å². The lowest BCUT2D eigenvalue weighted by Gasteiger charge is -2.12. The van der Waals surface area contributed by atoms with Crippen LogP contribution in [0.4, 0.5) is 10.5 Å². The van der Waals surface area contributed by atoms with E-state index in [9.17, 15) is 9.59 Å². The highest BCUT2D eigenvalue weighted by Crippen LogP contribution is 2.20. The van der Waals surface area contributed by atoms with Gasteiger partial charge in [-0.25, -0.2) is 4.79 Å². The van der Waals surface area contributed by atoms with E-state index in [0.29, 0.717) is 5.69 Å². The third-order valence-electron chi connectivity index (χ3n) is 2.64. The molecule has 104 valence electrons. The second kappa shape index (κ2) is 6.78. The molecule has 1 atom stereocenters. The zero-order valence-corrected chi connectivity index (χ0v) is 11.4. The van der Waals surface area contributed by atoms with Gasteiger partial charge in [-0.1, -0.05) is 19.1 Å². The Morgan fingerprint density at radius 1 is 1.16 bits per heavy atom. The second-order valence-electron chi connectivity index (χ2n) is 4.87. The van der Waals surface area contributed by atoms with Gasteiger partial charge in [-0.15, -0.1) is 0 Å². The minimum Gasteiger partial charge on any atom is -0.481 e. The topological polar surface area (TPSA) is 78.4 Å². The van der Waals surface area contributed by atoms with Crippen LogP contribution in [0.25, 0.3) is 0 Å². The highest BCUT2D eigenvalue weighted by atomic mass is 16.4. The number of carbonyl (C=O) groups is 2. The van der Waals surface area contributed by atoms with Crippen molar-refractivity contribution in [1.29, 1.82) is 0 Å². The van der Waals surface area contributed by atoms with Gasteiger partial charge in [0, 0.05) is 11.7 Å². The summed E-state index contributed by atoms with van der Waals surface area (Å²) in [5.74, 6) is -0.859. The number of nitrogens with one attached hydrogen (secondary N) is 2. The summed E-state index contributed by atoms with van der Waals surface area (Å²) in [6.45, 7) is 5.63. The molecule has 0 fully saturated rings. The normalized spacial score (nSPS) is 12.0. The molecule has 0 heterocycles. The van der Waals surface area contributed by atoms with Gasteiger partial charge in [0.05, 0.1) is 6.42 Å². The first-order valence-corrected chi connectivity index (χ1v) is 6.27. The molecule has 1 aromatic carbocycles. The first-order valence-electron chi connectivity index (χ1n) is 6.27. The Kier molecular flexibility index (Phi) is 5.36. The smallest absolute Gasteiger partial charge is 0.319 e. The van der Waals surface area contributed by atoms with E-state index in [1.807, 2.05) is 32.9 Å². The molecule has 1 unspecified atom stereocenters. The van der Waals surface area contributed by atoms with Crippen LogP contribution >= 0.6 is 0 Å². The predicted molar refractivity (Wildman–Crippen MR) is 74.4 cm³/mol. The van der Waals surface area contributed by atoms with Gasteiger partial charge in [-0.3, -0.25) is 4.79 Å². The van der Waals surface area contributed by atoms with Crippen molar-refractivity contribution in [2.24, 2.45) is 0 Å². The number of amides is 2. The van der Waals surface area contributed by atoms with Crippen LogP contribution in [0.15, 0.2) is 24.3 Å². The predicted octanol–water partition coefficient (Wildman–Crippen LogP) is 2.79. The van der Waals surface area contributed by atoms with E-state index in [-0.39, 0.29) is 24.4 Å². The van der Waals surface area contributed by atoms with Crippen LogP contribution in [0, 0.1) is 0 Å². The van der Waals surface area contributed by atoms with Crippen molar-refractivity contribution < 1.29 is 14.7 Å². The van der Waals surface area contributed by atoms with Crippen LogP contribution in [0.1, 0.15) is 38.7 Å². The standard InChI is InChI=1S/C14H20N2O3/c1-9(2)15-14(19)16-12-6-4-11(5-7-12)10(3)8-13(17)18/h4-7,9-10H,8H2,1-3H3,(H,17,18)(H2,15,16,19). The molecule has 3 N–H and O–H groups in total. The van der Waals surface area contributed by atoms with E-state index in [0.717, 1.165) is 5.56 Å². The monoisotopic (exact) mass is 264 g/mol. The van der Waals surface area contributed by atoms with Gasteiger partial charge < -0.3 is 15.7 Å². The molecule has 0 aliphatic heterocycles. The number of benzene rings is 1. The number of carboxylic acids is 1. The number of rotatable bonds is 5. The summed E-state index contributed by atoms with van der Waals surface area (Å²) in [4.78, 5) is 22.1. The number of aliphatic carboxylic acids is 1. The fourth-order valence-electron chi connectivity index (χ4n) is 1.70. The van der Waals surface area contributed by atoms with Gasteiger partial charge >= 0.3 is 12.0 Å². The number of urea groups is 1. The van der Waals surface area contributed by atoms with Crippen LogP contribution in [-0.4, -0.2) is 23.1 Å². The minimum atomic E-state index is -0.814. The molecule has 5 nitrogen and oxygen atoms in total. The number of hydrogen-bond donors (Lipinski definition) is 3. The fourth-order valence-corrected chi connectivity index (χ4v) is 1.70. The summed E-state index contributed by atoms with van der Waals surface area (Å²) >= 11 is 0. The maximum atomic E-state index is 11.5. The molecule has 0 saturated carbocycles. The number of carbonyl (C=O) groups excluding carboxylic acids is 1. The zero-order valence-electron chi connectivity index (χ0n) is 11.4. The lowest BCUT2D eigenvalue weighted by atomic mass is 9.98. The Morgan fingerprint density at radius 3 is 2.21 bits per heavy atom. The average Bonchev–Trinajstić information content (AvgIpc) is 2.27. The maximum absolute atomic E-state index is 11.5. The van der Waals surface area contributed by atoms with E-state index in [2.05, 4.69) is 10.6 Å². The van der Waals surface area contributed by atoms with Gasteiger partial charge in [0.1, 0.15) is 0 Å². The highest BCUT2D eigenvalue weighted by Gasteiger charge is 2.10. The quantitative estimate of drug-likeness (QED) is 0.765. The van der Waals surface area contributed by atoms with Crippen LogP contribution in [0.2, 0.25) is 0 Å². The van der Waals surface area contributed by atoms with Crippen molar-refractivity contribution in [2.45, 2.75) is 39.2 Å². The van der Waals surface area contributed by atoms with Gasteiger partial charge in [0.2, 0.25) is 0 Å². The summed E-state index contributed by atoms with van der Waals surface area (Å²) in [7, 11) is 0. The molecular weight excluding hydrogens is 244 g/mol. The molecule has 0 spiro atoms. The summed E-state index contributed by atoms with van der Waals surface area (Å²) in [6.07, 6.45) is 0.0978. The molecule has 0 saturated heterocycles. The van der Waals surface area contributed by atoms with E-state index in [1.165, 1.54) is 0 Å². The molecule has 0 aliphatic carbocycles. The van der Waals surface area contributed by atoms with E-state index in [1.54, 1.807) is 12.1 Å². The second-order valence-corrected chi connectivity index (χ2v) is 4.87. The first kappa shape index (κ1) is 15.0. The van der Waals surface area contributed by atoms with Crippen LogP contribution < -0.4 is 10.6 Å². The molecular formula is C14H20N2O3. The van der Waals surface area contributed by atoms with Crippen molar-refractivity contribution in [1.82, 2.24) is 5.32 Å². The molecule has 1 rings (SSSR count). The summed E-state index contributed by atoms with van der Waals surface area (Å²) in [5.41, 5.74) is 1.63. The summed E-state index contributed by atoms with van der Waals surface area (Å²) in [5, 5.41) is 14.2. The van der Waals surface area contributed by atoms with E-state index < -0.39 is 5.97 Å². The Hall–Kier alpha value is -2.04. The molecule has 0 radical (unpaired) electrons. The lowest BCUT2D eigenvalue weighted by Crippen LogP contribution is -2.34. The largest absolute Gasteiger partial charge is 0.481 e. The summed E-state index contributed by atoms with van der Waals surface area (Å²) in [6, 6.07) is 7.04. The fraction of sp³-hybridized carbons (Fsp3) is 0.429. The average molecular weight is 264 g/mol. The van der Waals surface area contributed by atoms with E-state index >= 15 is 0 Å². The molecule has 1 aromatic rings. The van der Waals surface area contributed by atoms with E-state index in [4.69, 9.17) is 5.11 Å². The Balaban J connectivity index is 2.61. The molecule has 0 aromatic heterocycles. The molecule has 5 heteroatoms. The van der Waals surface area contributed by atoms with Gasteiger partial charge in [-0.2, -0.15) is 0 Å². The van der Waals surface area contributed by atoms with Crippen LogP contribution in [0.5, 0.6) is 0 Å². The maximum Gasteiger partial charge on any atom is 0.319 e. The third kappa shape index (κ3) is 5.42. The molecule has 0 bridgehead atoms. The third-order valence-corrected chi connectivity index (χ3v) is 2.64. The van der Waals surface area contributed by atoms with Crippen molar-refractivity contribution in [3.8, 4) is 0 Å². The summed E-state index contributed by atoms with van der Waals surface area (Å²) < 4.78 is 0. The van der Waals surface area contributed by atoms with Gasteiger partial charge in [-0.05, 0) is 37.5 Å². The molecule has 2 amide bonds. The Bertz CT molecular complexity index is 441. The van der Waals surface area contributed by atoms with Gasteiger partial charge in [0.15, 0.2) is 0 Å². The lowest BCUT2D eigenvalue weighted by molar-refractivity contribution is -0.137.